The molecule has 1 aliphatic rings. The normalized spacial score (nSPS) is 13.3. The summed E-state index contributed by atoms with van der Waals surface area (Å²) in [6, 6.07) is 79.5. The van der Waals surface area contributed by atoms with Crippen LogP contribution in [0.25, 0.3) is 22.6 Å². The van der Waals surface area contributed by atoms with E-state index in [1.807, 2.05) is 54.6 Å². The molecule has 348 valence electrons. The van der Waals surface area contributed by atoms with E-state index in [1.165, 1.54) is 43.0 Å². The Hall–Kier alpha value is -5.97. The average molecular weight is 1020 g/mol. The molecule has 0 N–H and O–H groups in total. The molecule has 0 aliphatic carbocycles. The molecule has 0 atom stereocenters. The number of aromatic nitrogens is 2. The van der Waals surface area contributed by atoms with Gasteiger partial charge in [-0.3, -0.25) is 4.98 Å². The van der Waals surface area contributed by atoms with E-state index < -0.39 is 23.7 Å². The van der Waals surface area contributed by atoms with Gasteiger partial charge in [0, 0.05) is 28.3 Å². The van der Waals surface area contributed by atoms with Crippen LogP contribution in [0.15, 0.2) is 231 Å². The van der Waals surface area contributed by atoms with Gasteiger partial charge in [-0.2, -0.15) is 0 Å². The van der Waals surface area contributed by atoms with Gasteiger partial charge < -0.3 is 4.74 Å². The molecule has 0 unspecified atom stereocenters. The molecule has 1 aliphatic heterocycles. The van der Waals surface area contributed by atoms with Crippen molar-refractivity contribution >= 4 is 55.5 Å². The molecule has 0 amide bonds. The van der Waals surface area contributed by atoms with E-state index in [4.69, 9.17) is 4.74 Å². The quantitative estimate of drug-likeness (QED) is 0.0864. The van der Waals surface area contributed by atoms with Crippen molar-refractivity contribution in [3.63, 3.8) is 0 Å². The van der Waals surface area contributed by atoms with Crippen LogP contribution in [0, 0.1) is 0 Å². The summed E-state index contributed by atoms with van der Waals surface area (Å²) in [4.78, 5) is 8.97. The van der Waals surface area contributed by atoms with Crippen molar-refractivity contribution in [3.8, 4) is 34.1 Å². The van der Waals surface area contributed by atoms with Gasteiger partial charge in [0.2, 0.25) is 0 Å². The SMILES string of the molecule is CC1(C)c2cccc([PH+](c3ccccc3)c3ccccc3)c2Oc2c([PH+](c3ccccc3)c3ccccc3)cccc21.F[P-](F)(F)(F)(F)F.[Cu+].c1ccc(-c2cccc(-c3ccccn3)n2)cc1. The monoisotopic (exact) mass is 1020 g/mol. The first kappa shape index (κ1) is 49.9. The van der Waals surface area contributed by atoms with Crippen molar-refractivity contribution < 1.29 is 47.0 Å². The molecule has 0 fully saturated rings. The number of nitrogens with zero attached hydrogens (tertiary/aromatic N) is 2. The van der Waals surface area contributed by atoms with E-state index in [0.29, 0.717) is 0 Å². The van der Waals surface area contributed by atoms with Crippen molar-refractivity contribution in [1.29, 1.82) is 0 Å². The summed E-state index contributed by atoms with van der Waals surface area (Å²) in [7, 11) is -13.3. The Morgan fingerprint density at radius 1 is 0.397 bits per heavy atom. The third-order valence-electron chi connectivity index (χ3n) is 11.1. The number of hydrogen-bond acceptors (Lipinski definition) is 3. The number of pyridine rings is 2. The molecular weight excluding hydrogens is 975 g/mol. The molecule has 3 nitrogen and oxygen atoms in total. The fourth-order valence-corrected chi connectivity index (χ4v) is 13.5. The number of ether oxygens (including phenoxy) is 1. The van der Waals surface area contributed by atoms with E-state index in [-0.39, 0.29) is 22.5 Å². The number of hydrogen-bond donors (Lipinski definition) is 0. The van der Waals surface area contributed by atoms with Crippen molar-refractivity contribution in [2.45, 2.75) is 19.3 Å². The topological polar surface area (TPSA) is 35.0 Å². The van der Waals surface area contributed by atoms with Crippen LogP contribution >= 0.6 is 23.7 Å². The third-order valence-corrected chi connectivity index (χ3v) is 16.6. The van der Waals surface area contributed by atoms with Gasteiger partial charge in [-0.15, -0.1) is 0 Å². The predicted octanol–water partition coefficient (Wildman–Crippen LogP) is 14.3. The molecule has 0 radical (unpaired) electrons. The van der Waals surface area contributed by atoms with Crippen molar-refractivity contribution in [2.75, 3.05) is 0 Å². The van der Waals surface area contributed by atoms with Gasteiger partial charge >= 0.3 is 50.1 Å². The molecule has 3 heterocycles. The van der Waals surface area contributed by atoms with Crippen LogP contribution in [-0.4, -0.2) is 9.97 Å². The Bertz CT molecular complexity index is 2790. The van der Waals surface area contributed by atoms with Crippen LogP contribution in [0.3, 0.4) is 0 Å². The largest absolute Gasteiger partial charge is 1.00 e. The van der Waals surface area contributed by atoms with E-state index in [0.717, 1.165) is 34.1 Å². The summed E-state index contributed by atoms with van der Waals surface area (Å²) in [6.07, 6.45) is 1.78. The molecule has 2 aromatic heterocycles. The van der Waals surface area contributed by atoms with Crippen molar-refractivity contribution in [1.82, 2.24) is 9.97 Å². The maximum atomic E-state index is 9.87. The Labute approximate surface area is 405 Å². The average Bonchev–Trinajstić information content (AvgIpc) is 3.33. The molecule has 9 aromatic rings. The van der Waals surface area contributed by atoms with Gasteiger partial charge in [0.05, 0.1) is 17.1 Å². The van der Waals surface area contributed by atoms with E-state index in [2.05, 4.69) is 194 Å². The van der Waals surface area contributed by atoms with Crippen LogP contribution < -0.4 is 36.6 Å². The summed E-state index contributed by atoms with van der Waals surface area (Å²) >= 11 is 0. The molecule has 13 heteroatoms. The number of halogens is 6. The minimum atomic E-state index is -10.7. The second-order valence-electron chi connectivity index (χ2n) is 16.3. The van der Waals surface area contributed by atoms with E-state index in [9.17, 15) is 25.2 Å². The maximum absolute atomic E-state index is 10.7. The van der Waals surface area contributed by atoms with Gasteiger partial charge in [0.1, 0.15) is 47.7 Å². The van der Waals surface area contributed by atoms with Crippen molar-refractivity contribution in [2.24, 2.45) is 0 Å². The molecule has 7 aromatic carbocycles. The first-order valence-corrected chi connectivity index (χ1v) is 26.5. The molecule has 0 saturated heterocycles. The Kier molecular flexibility index (Phi) is 14.9. The van der Waals surface area contributed by atoms with Gasteiger partial charge in [-0.05, 0) is 84.9 Å². The second kappa shape index (κ2) is 20.3. The van der Waals surface area contributed by atoms with Gasteiger partial charge in [-0.1, -0.05) is 153 Å². The van der Waals surface area contributed by atoms with Crippen LogP contribution in [0.2, 0.25) is 0 Å². The van der Waals surface area contributed by atoms with E-state index >= 15 is 0 Å². The fourth-order valence-electron chi connectivity index (χ4n) is 8.16. The van der Waals surface area contributed by atoms with Crippen LogP contribution in [0.1, 0.15) is 25.0 Å². The number of benzene rings is 7. The standard InChI is InChI=1S/C39H32OP2.C16H12N2.Cu.F6P/c1-39(2)33-25-15-27-35(41(29-17-7-3-8-18-29)30-19-9-4-10-20-30)37(33)40-38-34(39)26-16-28-36(38)42(31-21-11-5-12-22-31)32-23-13-6-14-24-32;1-2-7-13(8-3-1)14-10-6-11-16(18-14)15-9-4-5-12-17-15;;1-7(2,3,4,5)6/h3-28H,1-2H3;1-12H;;/q;;+1;-1/p+2. The second-order valence-corrected chi connectivity index (χ2v) is 23.1. The van der Waals surface area contributed by atoms with E-state index in [1.54, 1.807) is 6.20 Å². The maximum Gasteiger partial charge on any atom is 1.00 e. The van der Waals surface area contributed by atoms with Gasteiger partial charge in [0.25, 0.3) is 0 Å². The minimum absolute atomic E-state index is 0. The zero-order valence-electron chi connectivity index (χ0n) is 36.8. The summed E-state index contributed by atoms with van der Waals surface area (Å²) < 4.78 is 66.5. The molecular formula is C55H46CuF6N2OP3+2. The molecule has 0 saturated carbocycles. The third kappa shape index (κ3) is 12.8. The Morgan fingerprint density at radius 2 is 0.735 bits per heavy atom. The van der Waals surface area contributed by atoms with Crippen LogP contribution in [0.5, 0.6) is 11.5 Å². The van der Waals surface area contributed by atoms with Crippen LogP contribution in [0.4, 0.5) is 25.2 Å². The first-order chi connectivity index (χ1) is 32.0. The summed E-state index contributed by atoms with van der Waals surface area (Å²) in [6.45, 7) is 4.71. The number of rotatable bonds is 8. The smallest absolute Gasteiger partial charge is 0.255 e. The van der Waals surface area contributed by atoms with Crippen molar-refractivity contribution in [3.05, 3.63) is 242 Å². The van der Waals surface area contributed by atoms with Crippen LogP contribution in [-0.2, 0) is 22.5 Å². The Balaban J connectivity index is 0.000000217. The molecule has 68 heavy (non-hydrogen) atoms. The van der Waals surface area contributed by atoms with Gasteiger partial charge in [0.15, 0.2) is 11.5 Å². The number of fused-ring (bicyclic) bond motifs is 2. The Morgan fingerprint density at radius 3 is 1.12 bits per heavy atom. The molecule has 10 rings (SSSR count). The summed E-state index contributed by atoms with van der Waals surface area (Å²) in [5.74, 6) is 2.07. The summed E-state index contributed by atoms with van der Waals surface area (Å²) in [5, 5.41) is 8.05. The number of para-hydroxylation sites is 2. The molecule has 0 bridgehead atoms. The summed E-state index contributed by atoms with van der Waals surface area (Å²) in [5.41, 5.74) is 6.19. The molecule has 0 spiro atoms. The predicted molar refractivity (Wildman–Crippen MR) is 272 cm³/mol. The minimum Gasteiger partial charge on any atom is -0.255 e. The zero-order chi connectivity index (χ0) is 47.1. The first-order valence-electron chi connectivity index (χ1n) is 21.4. The fraction of sp³-hybridized carbons (Fsp3) is 0.0545. The van der Waals surface area contributed by atoms with Gasteiger partial charge in [-0.25, -0.2) is 4.98 Å². The zero-order valence-corrected chi connectivity index (χ0v) is 40.6.